The normalized spacial score (nSPS) is 24.4. The number of carbonyl (C=O) groups excluding carboxylic acids is 1. The standard InChI is InChI=1S/C16H17N3OS/c20-15(12-4-2-1-3-5-12)18-8-13-10-19(11-14(13)9-18)16-17-6-7-21-16/h1-7,13-14H,8-11H2. The van der Waals surface area contributed by atoms with Crippen LogP contribution in [0, 0.1) is 11.8 Å². The monoisotopic (exact) mass is 299 g/mol. The Morgan fingerprint density at radius 2 is 1.81 bits per heavy atom. The van der Waals surface area contributed by atoms with Gasteiger partial charge in [0.25, 0.3) is 5.91 Å². The van der Waals surface area contributed by atoms with E-state index in [0.29, 0.717) is 11.8 Å². The van der Waals surface area contributed by atoms with Crippen LogP contribution in [-0.2, 0) is 0 Å². The summed E-state index contributed by atoms with van der Waals surface area (Å²) in [5.74, 6) is 1.34. The molecule has 21 heavy (non-hydrogen) atoms. The van der Waals surface area contributed by atoms with Crippen molar-refractivity contribution in [2.75, 3.05) is 31.1 Å². The Kier molecular flexibility index (Phi) is 3.15. The summed E-state index contributed by atoms with van der Waals surface area (Å²) in [4.78, 5) is 21.3. The molecule has 5 heteroatoms. The van der Waals surface area contributed by atoms with Crippen molar-refractivity contribution >= 4 is 22.4 Å². The Balaban J connectivity index is 1.43. The highest BCUT2D eigenvalue weighted by molar-refractivity contribution is 7.13. The van der Waals surface area contributed by atoms with Crippen molar-refractivity contribution in [3.63, 3.8) is 0 Å². The Labute approximate surface area is 128 Å². The zero-order chi connectivity index (χ0) is 14.2. The number of anilines is 1. The molecule has 0 bridgehead atoms. The van der Waals surface area contributed by atoms with Gasteiger partial charge in [0, 0.05) is 55.2 Å². The summed E-state index contributed by atoms with van der Waals surface area (Å²) in [7, 11) is 0. The third-order valence-corrected chi connectivity index (χ3v) is 5.32. The number of benzene rings is 1. The van der Waals surface area contributed by atoms with Gasteiger partial charge in [0.05, 0.1) is 0 Å². The summed E-state index contributed by atoms with van der Waals surface area (Å²) in [6.07, 6.45) is 1.86. The van der Waals surface area contributed by atoms with Gasteiger partial charge in [-0.1, -0.05) is 18.2 Å². The molecule has 2 saturated heterocycles. The number of amides is 1. The molecule has 2 fully saturated rings. The first-order valence-electron chi connectivity index (χ1n) is 7.30. The molecule has 3 heterocycles. The minimum Gasteiger partial charge on any atom is -0.347 e. The molecular weight excluding hydrogens is 282 g/mol. The molecular formula is C16H17N3OS. The first-order chi connectivity index (χ1) is 10.3. The van der Waals surface area contributed by atoms with Crippen molar-refractivity contribution in [2.45, 2.75) is 0 Å². The fourth-order valence-electron chi connectivity index (χ4n) is 3.45. The molecule has 1 aromatic carbocycles. The summed E-state index contributed by atoms with van der Waals surface area (Å²) in [6.45, 7) is 3.80. The maximum absolute atomic E-state index is 12.5. The molecule has 108 valence electrons. The first kappa shape index (κ1) is 12.8. The second-order valence-corrected chi connectivity index (χ2v) is 6.69. The van der Waals surface area contributed by atoms with Crippen molar-refractivity contribution in [1.82, 2.24) is 9.88 Å². The van der Waals surface area contributed by atoms with Gasteiger partial charge in [-0.25, -0.2) is 4.98 Å². The number of likely N-dealkylation sites (tertiary alicyclic amines) is 1. The highest BCUT2D eigenvalue weighted by Crippen LogP contribution is 2.35. The molecule has 4 nitrogen and oxygen atoms in total. The van der Waals surface area contributed by atoms with Crippen LogP contribution in [0.15, 0.2) is 41.9 Å². The highest BCUT2D eigenvalue weighted by atomic mass is 32.1. The van der Waals surface area contributed by atoms with E-state index in [0.717, 1.165) is 36.9 Å². The highest BCUT2D eigenvalue weighted by Gasteiger charge is 2.42. The third-order valence-electron chi connectivity index (χ3n) is 4.48. The first-order valence-corrected chi connectivity index (χ1v) is 8.18. The quantitative estimate of drug-likeness (QED) is 0.854. The SMILES string of the molecule is O=C(c1ccccc1)N1CC2CN(c3nccs3)CC2C1. The number of carbonyl (C=O) groups is 1. The summed E-state index contributed by atoms with van der Waals surface area (Å²) < 4.78 is 0. The molecule has 1 amide bonds. The van der Waals surface area contributed by atoms with E-state index in [4.69, 9.17) is 0 Å². The van der Waals surface area contributed by atoms with Crippen LogP contribution in [0.4, 0.5) is 5.13 Å². The van der Waals surface area contributed by atoms with Crippen LogP contribution in [0.2, 0.25) is 0 Å². The molecule has 1 aromatic heterocycles. The van der Waals surface area contributed by atoms with Gasteiger partial charge < -0.3 is 9.80 Å². The molecule has 0 spiro atoms. The van der Waals surface area contributed by atoms with Crippen molar-refractivity contribution < 1.29 is 4.79 Å². The predicted octanol–water partition coefficient (Wildman–Crippen LogP) is 2.35. The van der Waals surface area contributed by atoms with E-state index in [1.165, 1.54) is 0 Å². The van der Waals surface area contributed by atoms with Gasteiger partial charge in [-0.3, -0.25) is 4.79 Å². The Morgan fingerprint density at radius 1 is 1.10 bits per heavy atom. The van der Waals surface area contributed by atoms with E-state index in [2.05, 4.69) is 9.88 Å². The molecule has 2 aliphatic rings. The van der Waals surface area contributed by atoms with Crippen LogP contribution in [0.3, 0.4) is 0 Å². The van der Waals surface area contributed by atoms with Crippen LogP contribution in [0.25, 0.3) is 0 Å². The van der Waals surface area contributed by atoms with Gasteiger partial charge >= 0.3 is 0 Å². The minimum absolute atomic E-state index is 0.172. The molecule has 0 aliphatic carbocycles. The van der Waals surface area contributed by atoms with Crippen LogP contribution in [-0.4, -0.2) is 42.0 Å². The van der Waals surface area contributed by atoms with Crippen LogP contribution in [0.5, 0.6) is 0 Å². The van der Waals surface area contributed by atoms with Gasteiger partial charge in [0.1, 0.15) is 0 Å². The zero-order valence-corrected chi connectivity index (χ0v) is 12.5. The fourth-order valence-corrected chi connectivity index (χ4v) is 4.11. The van der Waals surface area contributed by atoms with E-state index >= 15 is 0 Å². The van der Waals surface area contributed by atoms with Crippen LogP contribution < -0.4 is 4.90 Å². The van der Waals surface area contributed by atoms with E-state index in [1.54, 1.807) is 11.3 Å². The van der Waals surface area contributed by atoms with Crippen molar-refractivity contribution in [3.05, 3.63) is 47.5 Å². The molecule has 2 aromatic rings. The predicted molar refractivity (Wildman–Crippen MR) is 83.7 cm³/mol. The summed E-state index contributed by atoms with van der Waals surface area (Å²) in [6, 6.07) is 9.60. The molecule has 2 atom stereocenters. The Hall–Kier alpha value is -1.88. The smallest absolute Gasteiger partial charge is 0.253 e. The Morgan fingerprint density at radius 3 is 2.43 bits per heavy atom. The van der Waals surface area contributed by atoms with E-state index < -0.39 is 0 Å². The zero-order valence-electron chi connectivity index (χ0n) is 11.7. The molecule has 0 radical (unpaired) electrons. The van der Waals surface area contributed by atoms with Gasteiger partial charge in [-0.05, 0) is 12.1 Å². The largest absolute Gasteiger partial charge is 0.347 e. The molecule has 2 aliphatic heterocycles. The average molecular weight is 299 g/mol. The number of rotatable bonds is 2. The van der Waals surface area contributed by atoms with E-state index in [9.17, 15) is 4.79 Å². The summed E-state index contributed by atoms with van der Waals surface area (Å²) >= 11 is 1.70. The van der Waals surface area contributed by atoms with Crippen molar-refractivity contribution in [3.8, 4) is 0 Å². The number of hydrogen-bond acceptors (Lipinski definition) is 4. The van der Waals surface area contributed by atoms with Crippen molar-refractivity contribution in [1.29, 1.82) is 0 Å². The number of hydrogen-bond donors (Lipinski definition) is 0. The van der Waals surface area contributed by atoms with Gasteiger partial charge in [-0.2, -0.15) is 0 Å². The lowest BCUT2D eigenvalue weighted by atomic mass is 10.0. The lowest BCUT2D eigenvalue weighted by Crippen LogP contribution is -2.33. The number of fused-ring (bicyclic) bond motifs is 1. The summed E-state index contributed by atoms with van der Waals surface area (Å²) in [5.41, 5.74) is 0.800. The topological polar surface area (TPSA) is 36.4 Å². The van der Waals surface area contributed by atoms with Crippen LogP contribution in [0.1, 0.15) is 10.4 Å². The van der Waals surface area contributed by atoms with Crippen LogP contribution >= 0.6 is 11.3 Å². The number of thiazole rings is 1. The maximum Gasteiger partial charge on any atom is 0.253 e. The molecule has 2 unspecified atom stereocenters. The fraction of sp³-hybridized carbons (Fsp3) is 0.375. The van der Waals surface area contributed by atoms with Crippen molar-refractivity contribution in [2.24, 2.45) is 11.8 Å². The van der Waals surface area contributed by atoms with Gasteiger partial charge in [0.15, 0.2) is 5.13 Å². The Bertz CT molecular complexity index is 614. The van der Waals surface area contributed by atoms with E-state index in [-0.39, 0.29) is 5.91 Å². The molecule has 4 rings (SSSR count). The minimum atomic E-state index is 0.172. The van der Waals surface area contributed by atoms with Gasteiger partial charge in [-0.15, -0.1) is 11.3 Å². The second-order valence-electron chi connectivity index (χ2n) is 5.82. The average Bonchev–Trinajstić information content (AvgIpc) is 3.22. The lowest BCUT2D eigenvalue weighted by molar-refractivity contribution is 0.0782. The third kappa shape index (κ3) is 2.31. The molecule has 0 saturated carbocycles. The maximum atomic E-state index is 12.5. The number of aromatic nitrogens is 1. The van der Waals surface area contributed by atoms with Gasteiger partial charge in [0.2, 0.25) is 0 Å². The van der Waals surface area contributed by atoms with E-state index in [1.807, 2.05) is 46.8 Å². The lowest BCUT2D eigenvalue weighted by Gasteiger charge is -2.21. The second kappa shape index (κ2) is 5.15. The molecule has 0 N–H and O–H groups in total. The summed E-state index contributed by atoms with van der Waals surface area (Å²) in [5, 5.41) is 3.14. The number of nitrogens with zero attached hydrogens (tertiary/aromatic N) is 3.